The summed E-state index contributed by atoms with van der Waals surface area (Å²) in [4.78, 5) is 0. The molecule has 0 spiro atoms. The van der Waals surface area contributed by atoms with Gasteiger partial charge in [0.2, 0.25) is 0 Å². The first-order chi connectivity index (χ1) is 13.4. The molecule has 0 bridgehead atoms. The molecule has 0 fully saturated rings. The van der Waals surface area contributed by atoms with Crippen molar-refractivity contribution < 1.29 is 14.2 Å². The van der Waals surface area contributed by atoms with Crippen LogP contribution in [0.25, 0.3) is 0 Å². The van der Waals surface area contributed by atoms with E-state index in [9.17, 15) is 0 Å². The summed E-state index contributed by atoms with van der Waals surface area (Å²) in [5.74, 6) is 2.35. The number of hydrogen-bond donors (Lipinski definition) is 2. The van der Waals surface area contributed by atoms with Gasteiger partial charge in [-0.05, 0) is 50.3 Å². The molecular formula is C22H26N2O3S. The molecule has 0 saturated carbocycles. The molecule has 28 heavy (non-hydrogen) atoms. The van der Waals surface area contributed by atoms with Crippen LogP contribution in [-0.2, 0) is 0 Å². The molecule has 0 aromatic heterocycles. The van der Waals surface area contributed by atoms with Crippen molar-refractivity contribution in [2.75, 3.05) is 19.0 Å². The Kier molecular flexibility index (Phi) is 6.09. The summed E-state index contributed by atoms with van der Waals surface area (Å²) in [5.41, 5.74) is 1.61. The predicted octanol–water partition coefficient (Wildman–Crippen LogP) is 4.85. The van der Waals surface area contributed by atoms with Gasteiger partial charge in [0, 0.05) is 29.8 Å². The molecule has 148 valence electrons. The average Bonchev–Trinajstić information content (AvgIpc) is 2.65. The lowest BCUT2D eigenvalue weighted by Crippen LogP contribution is -2.42. The van der Waals surface area contributed by atoms with Gasteiger partial charge in [0.25, 0.3) is 0 Å². The molecule has 1 aliphatic heterocycles. The first-order valence-corrected chi connectivity index (χ1v) is 9.59. The number of rotatable bonds is 6. The lowest BCUT2D eigenvalue weighted by molar-refractivity contribution is 0.0693. The quantitative estimate of drug-likeness (QED) is 0.536. The van der Waals surface area contributed by atoms with Crippen LogP contribution in [-0.4, -0.2) is 24.4 Å². The van der Waals surface area contributed by atoms with Crippen LogP contribution in [0.3, 0.4) is 0 Å². The second-order valence-electron chi connectivity index (χ2n) is 7.25. The number of ether oxygens (including phenoxy) is 3. The van der Waals surface area contributed by atoms with E-state index in [0.717, 1.165) is 34.9 Å². The van der Waals surface area contributed by atoms with Crippen molar-refractivity contribution in [2.24, 2.45) is 0 Å². The third-order valence-electron chi connectivity index (χ3n) is 4.44. The lowest BCUT2D eigenvalue weighted by atomic mass is 9.89. The van der Waals surface area contributed by atoms with Gasteiger partial charge in [-0.1, -0.05) is 18.7 Å². The van der Waals surface area contributed by atoms with Gasteiger partial charge in [0.15, 0.2) is 5.11 Å². The van der Waals surface area contributed by atoms with Crippen LogP contribution in [0.2, 0.25) is 0 Å². The van der Waals surface area contributed by atoms with Crippen LogP contribution in [0, 0.1) is 0 Å². The number of methoxy groups -OCH3 is 1. The van der Waals surface area contributed by atoms with Crippen molar-refractivity contribution in [3.05, 3.63) is 60.7 Å². The molecule has 2 aromatic rings. The molecular weight excluding hydrogens is 372 g/mol. The van der Waals surface area contributed by atoms with Crippen molar-refractivity contribution in [3.8, 4) is 17.2 Å². The van der Waals surface area contributed by atoms with Gasteiger partial charge >= 0.3 is 0 Å². The lowest BCUT2D eigenvalue weighted by Gasteiger charge is -2.38. The fourth-order valence-electron chi connectivity index (χ4n) is 3.23. The summed E-state index contributed by atoms with van der Waals surface area (Å²) in [7, 11) is 1.65. The van der Waals surface area contributed by atoms with Crippen LogP contribution >= 0.6 is 12.2 Å². The van der Waals surface area contributed by atoms with Crippen molar-refractivity contribution in [1.82, 2.24) is 5.32 Å². The summed E-state index contributed by atoms with van der Waals surface area (Å²) in [6, 6.07) is 13.6. The smallest absolute Gasteiger partial charge is 0.171 e. The molecule has 0 saturated heterocycles. The second-order valence-corrected chi connectivity index (χ2v) is 7.66. The minimum atomic E-state index is -0.314. The van der Waals surface area contributed by atoms with E-state index >= 15 is 0 Å². The molecule has 0 radical (unpaired) electrons. The monoisotopic (exact) mass is 398 g/mol. The van der Waals surface area contributed by atoms with Crippen LogP contribution in [0.5, 0.6) is 17.2 Å². The van der Waals surface area contributed by atoms with E-state index in [1.165, 1.54) is 0 Å². The Morgan fingerprint density at radius 3 is 2.86 bits per heavy atom. The number of nitrogens with one attached hydrogen (secondary N) is 2. The van der Waals surface area contributed by atoms with E-state index in [0.29, 0.717) is 11.7 Å². The zero-order chi connectivity index (χ0) is 20.1. The number of hydrogen-bond acceptors (Lipinski definition) is 4. The zero-order valence-electron chi connectivity index (χ0n) is 16.5. The highest BCUT2D eigenvalue weighted by atomic mass is 32.1. The van der Waals surface area contributed by atoms with Crippen LogP contribution < -0.4 is 24.8 Å². The fraction of sp³-hybridized carbons (Fsp3) is 0.318. The summed E-state index contributed by atoms with van der Waals surface area (Å²) >= 11 is 5.56. The minimum absolute atomic E-state index is 0.0323. The third-order valence-corrected chi connectivity index (χ3v) is 4.66. The Morgan fingerprint density at radius 2 is 2.11 bits per heavy atom. The van der Waals surface area contributed by atoms with Gasteiger partial charge in [-0.2, -0.15) is 0 Å². The Labute approximate surface area is 171 Å². The van der Waals surface area contributed by atoms with Crippen LogP contribution in [0.15, 0.2) is 55.1 Å². The highest BCUT2D eigenvalue weighted by Crippen LogP contribution is 2.41. The average molecular weight is 399 g/mol. The maximum atomic E-state index is 6.14. The van der Waals surface area contributed by atoms with Gasteiger partial charge in [0.05, 0.1) is 13.2 Å². The normalized spacial score (nSPS) is 16.9. The predicted molar refractivity (Wildman–Crippen MR) is 117 cm³/mol. The standard InChI is InChI=1S/C22H26N2O3S/c1-5-11-26-17-8-6-7-15(12-17)23-21(28)24-19-14-22(2,3)27-20-13-16(25-4)9-10-18(19)20/h5-10,12-13,19H,1,11,14H2,2-4H3,(H2,23,24,28)/t19-/m1/s1. The summed E-state index contributed by atoms with van der Waals surface area (Å²) in [5, 5.41) is 7.20. The molecule has 1 heterocycles. The summed E-state index contributed by atoms with van der Waals surface area (Å²) in [6.07, 6.45) is 2.50. The fourth-order valence-corrected chi connectivity index (χ4v) is 3.49. The number of fused-ring (bicyclic) bond motifs is 1. The van der Waals surface area contributed by atoms with Gasteiger partial charge < -0.3 is 24.8 Å². The highest BCUT2D eigenvalue weighted by Gasteiger charge is 2.34. The summed E-state index contributed by atoms with van der Waals surface area (Å²) in [6.45, 7) is 8.27. The molecule has 0 aliphatic carbocycles. The Hall–Kier alpha value is -2.73. The highest BCUT2D eigenvalue weighted by molar-refractivity contribution is 7.80. The maximum absolute atomic E-state index is 6.14. The first-order valence-electron chi connectivity index (χ1n) is 9.18. The van der Waals surface area contributed by atoms with E-state index in [4.69, 9.17) is 26.4 Å². The van der Waals surface area contributed by atoms with Crippen LogP contribution in [0.4, 0.5) is 5.69 Å². The van der Waals surface area contributed by atoms with E-state index in [2.05, 4.69) is 31.1 Å². The maximum Gasteiger partial charge on any atom is 0.171 e. The SMILES string of the molecule is C=CCOc1cccc(NC(=S)N[C@@H]2CC(C)(C)Oc3cc(OC)ccc32)c1. The molecule has 1 atom stereocenters. The van der Waals surface area contributed by atoms with Crippen molar-refractivity contribution in [1.29, 1.82) is 0 Å². The van der Waals surface area contributed by atoms with E-state index in [1.807, 2.05) is 42.5 Å². The van der Waals surface area contributed by atoms with Crippen LogP contribution in [0.1, 0.15) is 31.9 Å². The largest absolute Gasteiger partial charge is 0.497 e. The van der Waals surface area contributed by atoms with Crippen molar-refractivity contribution in [2.45, 2.75) is 31.9 Å². The second kappa shape index (κ2) is 8.52. The van der Waals surface area contributed by atoms with Gasteiger partial charge in [-0.15, -0.1) is 0 Å². The molecule has 1 aliphatic rings. The summed E-state index contributed by atoms with van der Waals surface area (Å²) < 4.78 is 17.0. The molecule has 0 amide bonds. The number of thiocarbonyl (C=S) groups is 1. The Balaban J connectivity index is 1.72. The molecule has 6 heteroatoms. The number of benzene rings is 2. The molecule has 0 unspecified atom stereocenters. The van der Waals surface area contributed by atoms with Crippen molar-refractivity contribution >= 4 is 23.0 Å². The molecule has 5 nitrogen and oxygen atoms in total. The molecule has 2 N–H and O–H groups in total. The Morgan fingerprint density at radius 1 is 1.29 bits per heavy atom. The third kappa shape index (κ3) is 4.95. The van der Waals surface area contributed by atoms with E-state index in [1.54, 1.807) is 13.2 Å². The van der Waals surface area contributed by atoms with Crippen molar-refractivity contribution in [3.63, 3.8) is 0 Å². The zero-order valence-corrected chi connectivity index (χ0v) is 17.3. The first kappa shape index (κ1) is 20.0. The molecule has 2 aromatic carbocycles. The Bertz CT molecular complexity index is 867. The topological polar surface area (TPSA) is 51.8 Å². The van der Waals surface area contributed by atoms with Gasteiger partial charge in [-0.3, -0.25) is 0 Å². The molecule has 3 rings (SSSR count). The van der Waals surface area contributed by atoms with E-state index in [-0.39, 0.29) is 11.6 Å². The van der Waals surface area contributed by atoms with E-state index < -0.39 is 0 Å². The number of anilines is 1. The minimum Gasteiger partial charge on any atom is -0.497 e. The van der Waals surface area contributed by atoms with Gasteiger partial charge in [-0.25, -0.2) is 0 Å². The van der Waals surface area contributed by atoms with Gasteiger partial charge in [0.1, 0.15) is 29.5 Å².